The van der Waals surface area contributed by atoms with E-state index in [1.807, 2.05) is 17.7 Å². The second-order valence-electron chi connectivity index (χ2n) is 5.24. The van der Waals surface area contributed by atoms with Gasteiger partial charge in [-0.05, 0) is 42.7 Å². The Balaban J connectivity index is 1.90. The van der Waals surface area contributed by atoms with Gasteiger partial charge in [-0.1, -0.05) is 6.92 Å². The van der Waals surface area contributed by atoms with Gasteiger partial charge in [0.15, 0.2) is 0 Å². The van der Waals surface area contributed by atoms with E-state index < -0.39 is 0 Å². The number of amides is 1. The Labute approximate surface area is 107 Å². The maximum absolute atomic E-state index is 12.0. The van der Waals surface area contributed by atoms with Crippen LogP contribution >= 0.6 is 11.3 Å². The van der Waals surface area contributed by atoms with Crippen LogP contribution in [0.25, 0.3) is 0 Å². The molecule has 1 fully saturated rings. The molecule has 0 saturated carbocycles. The molecule has 2 rings (SSSR count). The van der Waals surface area contributed by atoms with E-state index in [1.54, 1.807) is 11.3 Å². The van der Waals surface area contributed by atoms with Gasteiger partial charge in [0, 0.05) is 18.5 Å². The average Bonchev–Trinajstić information content (AvgIpc) is 2.74. The normalized spacial score (nSPS) is 24.6. The first-order chi connectivity index (χ1) is 8.11. The van der Waals surface area contributed by atoms with Crippen LogP contribution in [0.1, 0.15) is 35.7 Å². The van der Waals surface area contributed by atoms with Gasteiger partial charge in [0.05, 0.1) is 5.56 Å². The summed E-state index contributed by atoms with van der Waals surface area (Å²) >= 11 is 1.58. The zero-order valence-corrected chi connectivity index (χ0v) is 11.3. The van der Waals surface area contributed by atoms with Gasteiger partial charge in [0.2, 0.25) is 0 Å². The summed E-state index contributed by atoms with van der Waals surface area (Å²) < 4.78 is 0. The molecule has 0 aromatic carbocycles. The lowest BCUT2D eigenvalue weighted by Gasteiger charge is -2.34. The Bertz CT molecular complexity index is 394. The molecule has 1 atom stereocenters. The predicted molar refractivity (Wildman–Crippen MR) is 71.6 cm³/mol. The Morgan fingerprint density at radius 2 is 2.41 bits per heavy atom. The van der Waals surface area contributed by atoms with Crippen molar-refractivity contribution in [2.24, 2.45) is 5.41 Å². The molecule has 1 amide bonds. The molecule has 1 saturated heterocycles. The van der Waals surface area contributed by atoms with Gasteiger partial charge in [0.25, 0.3) is 5.91 Å². The fraction of sp³-hybridized carbons (Fsp3) is 0.615. The van der Waals surface area contributed by atoms with Crippen molar-refractivity contribution >= 4 is 17.2 Å². The fourth-order valence-corrected chi connectivity index (χ4v) is 3.08. The van der Waals surface area contributed by atoms with Crippen molar-refractivity contribution in [1.29, 1.82) is 0 Å². The van der Waals surface area contributed by atoms with E-state index in [0.29, 0.717) is 0 Å². The number of rotatable bonds is 3. The molecular weight excluding hydrogens is 232 g/mol. The number of aryl methyl sites for hydroxylation is 1. The lowest BCUT2D eigenvalue weighted by atomic mass is 9.83. The third kappa shape index (κ3) is 3.07. The largest absolute Gasteiger partial charge is 0.351 e. The minimum Gasteiger partial charge on any atom is -0.351 e. The number of hydrogen-bond donors (Lipinski definition) is 2. The summed E-state index contributed by atoms with van der Waals surface area (Å²) in [5.41, 5.74) is 2.10. The van der Waals surface area contributed by atoms with Gasteiger partial charge >= 0.3 is 0 Å². The van der Waals surface area contributed by atoms with Crippen molar-refractivity contribution in [3.05, 3.63) is 21.9 Å². The van der Waals surface area contributed by atoms with E-state index in [0.717, 1.165) is 30.8 Å². The minimum atomic E-state index is 0.0653. The molecule has 1 aliphatic rings. The maximum atomic E-state index is 12.0. The Hall–Kier alpha value is -0.870. The zero-order valence-electron chi connectivity index (χ0n) is 10.5. The molecule has 4 heteroatoms. The van der Waals surface area contributed by atoms with Crippen LogP contribution in [0.2, 0.25) is 0 Å². The molecule has 1 aromatic heterocycles. The summed E-state index contributed by atoms with van der Waals surface area (Å²) in [6, 6.07) is 0. The number of hydrogen-bond acceptors (Lipinski definition) is 3. The van der Waals surface area contributed by atoms with Crippen molar-refractivity contribution in [2.45, 2.75) is 26.7 Å². The van der Waals surface area contributed by atoms with Crippen molar-refractivity contribution < 1.29 is 4.79 Å². The van der Waals surface area contributed by atoms with E-state index in [-0.39, 0.29) is 11.3 Å². The molecular formula is C13H20N2OS. The van der Waals surface area contributed by atoms with E-state index >= 15 is 0 Å². The lowest BCUT2D eigenvalue weighted by Crippen LogP contribution is -2.45. The summed E-state index contributed by atoms with van der Waals surface area (Å²) in [7, 11) is 0. The van der Waals surface area contributed by atoms with Crippen molar-refractivity contribution in [1.82, 2.24) is 10.6 Å². The molecule has 17 heavy (non-hydrogen) atoms. The monoisotopic (exact) mass is 252 g/mol. The molecule has 0 bridgehead atoms. The highest BCUT2D eigenvalue weighted by molar-refractivity contribution is 7.08. The Kier molecular flexibility index (Phi) is 3.84. The van der Waals surface area contributed by atoms with Crippen LogP contribution < -0.4 is 10.6 Å². The van der Waals surface area contributed by atoms with Gasteiger partial charge in [-0.3, -0.25) is 4.79 Å². The number of nitrogens with one attached hydrogen (secondary N) is 2. The van der Waals surface area contributed by atoms with E-state index in [1.165, 1.54) is 12.8 Å². The number of carbonyl (C=O) groups is 1. The third-order valence-corrected chi connectivity index (χ3v) is 4.32. The first kappa shape index (κ1) is 12.6. The van der Waals surface area contributed by atoms with Crippen LogP contribution in [-0.4, -0.2) is 25.5 Å². The molecule has 2 N–H and O–H groups in total. The van der Waals surface area contributed by atoms with E-state index in [4.69, 9.17) is 0 Å². The molecule has 0 spiro atoms. The summed E-state index contributed by atoms with van der Waals surface area (Å²) in [6.07, 6.45) is 2.38. The molecule has 1 aliphatic heterocycles. The smallest absolute Gasteiger partial charge is 0.252 e. The standard InChI is InChI=1S/C13H20N2OS/c1-10-6-17-7-11(10)12(16)15-9-13(2)4-3-5-14-8-13/h6-7,14H,3-5,8-9H2,1-2H3,(H,15,16). The van der Waals surface area contributed by atoms with Crippen LogP contribution in [0.4, 0.5) is 0 Å². The third-order valence-electron chi connectivity index (χ3n) is 3.46. The highest BCUT2D eigenvalue weighted by Gasteiger charge is 2.27. The molecule has 2 heterocycles. The fourth-order valence-electron chi connectivity index (χ4n) is 2.25. The van der Waals surface area contributed by atoms with Crippen molar-refractivity contribution in [3.63, 3.8) is 0 Å². The minimum absolute atomic E-state index is 0.0653. The van der Waals surface area contributed by atoms with Gasteiger partial charge < -0.3 is 10.6 Å². The topological polar surface area (TPSA) is 41.1 Å². The highest BCUT2D eigenvalue weighted by atomic mass is 32.1. The molecule has 1 unspecified atom stereocenters. The Morgan fingerprint density at radius 3 is 3.00 bits per heavy atom. The van der Waals surface area contributed by atoms with Gasteiger partial charge in [-0.15, -0.1) is 0 Å². The van der Waals surface area contributed by atoms with Gasteiger partial charge in [-0.2, -0.15) is 11.3 Å². The number of carbonyl (C=O) groups excluding carboxylic acids is 1. The van der Waals surface area contributed by atoms with Gasteiger partial charge in [-0.25, -0.2) is 0 Å². The van der Waals surface area contributed by atoms with Crippen LogP contribution in [0.5, 0.6) is 0 Å². The lowest BCUT2D eigenvalue weighted by molar-refractivity contribution is 0.0924. The summed E-state index contributed by atoms with van der Waals surface area (Å²) in [5, 5.41) is 10.4. The average molecular weight is 252 g/mol. The molecule has 3 nitrogen and oxygen atoms in total. The summed E-state index contributed by atoms with van der Waals surface area (Å²) in [6.45, 7) is 7.08. The molecule has 94 valence electrons. The first-order valence-electron chi connectivity index (χ1n) is 6.12. The van der Waals surface area contributed by atoms with Crippen molar-refractivity contribution in [3.8, 4) is 0 Å². The second-order valence-corrected chi connectivity index (χ2v) is 5.99. The summed E-state index contributed by atoms with van der Waals surface area (Å²) in [4.78, 5) is 12.0. The number of piperidine rings is 1. The zero-order chi connectivity index (χ0) is 12.3. The molecule has 0 radical (unpaired) electrons. The highest BCUT2D eigenvalue weighted by Crippen LogP contribution is 2.24. The SMILES string of the molecule is Cc1cscc1C(=O)NCC1(C)CCCNC1. The van der Waals surface area contributed by atoms with E-state index in [2.05, 4.69) is 17.6 Å². The van der Waals surface area contributed by atoms with Crippen LogP contribution in [0, 0.1) is 12.3 Å². The predicted octanol–water partition coefficient (Wildman–Crippen LogP) is 2.18. The number of thiophene rings is 1. The van der Waals surface area contributed by atoms with Crippen molar-refractivity contribution in [2.75, 3.05) is 19.6 Å². The van der Waals surface area contributed by atoms with Crippen LogP contribution in [-0.2, 0) is 0 Å². The van der Waals surface area contributed by atoms with Gasteiger partial charge in [0.1, 0.15) is 0 Å². The summed E-state index contributed by atoms with van der Waals surface area (Å²) in [5.74, 6) is 0.0653. The molecule has 1 aromatic rings. The quantitative estimate of drug-likeness (QED) is 0.865. The van der Waals surface area contributed by atoms with E-state index in [9.17, 15) is 4.79 Å². The molecule has 0 aliphatic carbocycles. The van der Waals surface area contributed by atoms with Crippen LogP contribution in [0.3, 0.4) is 0 Å². The second kappa shape index (κ2) is 5.19. The first-order valence-corrected chi connectivity index (χ1v) is 7.07. The van der Waals surface area contributed by atoms with Crippen LogP contribution in [0.15, 0.2) is 10.8 Å². The maximum Gasteiger partial charge on any atom is 0.252 e. The Morgan fingerprint density at radius 1 is 1.59 bits per heavy atom.